The third-order valence-corrected chi connectivity index (χ3v) is 24.9. The van der Waals surface area contributed by atoms with Crippen molar-refractivity contribution >= 4 is 109 Å². The zero-order valence-corrected chi connectivity index (χ0v) is 67.8. The molecule has 588 valence electrons. The summed E-state index contributed by atoms with van der Waals surface area (Å²) in [5.74, 6) is 3.86. The van der Waals surface area contributed by atoms with E-state index in [4.69, 9.17) is 43.2 Å². The lowest BCUT2D eigenvalue weighted by Crippen LogP contribution is -2.00. The van der Waals surface area contributed by atoms with E-state index in [1.54, 1.807) is 0 Å². The van der Waals surface area contributed by atoms with Gasteiger partial charge in [-0.3, -0.25) is 0 Å². The average molecular weight is 1610 g/mol. The molecule has 0 unspecified atom stereocenters. The molecular formula is C115H70N8O3. The monoisotopic (exact) mass is 1610 g/mol. The van der Waals surface area contributed by atoms with Gasteiger partial charge in [0.25, 0.3) is 0 Å². The summed E-state index contributed by atoms with van der Waals surface area (Å²) in [5, 5.41) is 11.5. The summed E-state index contributed by atoms with van der Waals surface area (Å²) in [4.78, 5) is 29.6. The van der Waals surface area contributed by atoms with Crippen molar-refractivity contribution < 1.29 is 13.3 Å². The first-order valence-electron chi connectivity index (χ1n) is 42.5. The first kappa shape index (κ1) is 71.9. The minimum Gasteiger partial charge on any atom is -0.456 e. The van der Waals surface area contributed by atoms with Crippen LogP contribution in [0.15, 0.2) is 426 Å². The Morgan fingerprint density at radius 3 is 1.02 bits per heavy atom. The van der Waals surface area contributed by atoms with Crippen LogP contribution in [0.3, 0.4) is 0 Å². The molecule has 1 aliphatic carbocycles. The fourth-order valence-electron chi connectivity index (χ4n) is 18.8. The highest BCUT2D eigenvalue weighted by Crippen LogP contribution is 2.47. The molecule has 1 aliphatic rings. The van der Waals surface area contributed by atoms with Crippen molar-refractivity contribution in [2.24, 2.45) is 0 Å². The minimum absolute atomic E-state index is 0.627. The molecule has 0 bridgehead atoms. The van der Waals surface area contributed by atoms with Gasteiger partial charge >= 0.3 is 0 Å². The molecule has 0 atom stereocenters. The number of para-hydroxylation sites is 4. The summed E-state index contributed by atoms with van der Waals surface area (Å²) in [5.41, 5.74) is 32.2. The molecule has 7 heterocycles. The van der Waals surface area contributed by atoms with E-state index in [1.165, 1.54) is 76.7 Å². The number of rotatable bonds is 12. The Hall–Kier alpha value is -17.0. The van der Waals surface area contributed by atoms with Crippen molar-refractivity contribution in [3.63, 3.8) is 0 Å². The van der Waals surface area contributed by atoms with E-state index in [-0.39, 0.29) is 0 Å². The molecule has 26 rings (SSSR count). The number of hydrogen-bond donors (Lipinski definition) is 0. The summed E-state index contributed by atoms with van der Waals surface area (Å²) in [6.07, 6.45) is 0.934. The predicted octanol–water partition coefficient (Wildman–Crippen LogP) is 29.9. The van der Waals surface area contributed by atoms with Crippen molar-refractivity contribution in [3.8, 4) is 135 Å². The van der Waals surface area contributed by atoms with E-state index in [2.05, 4.69) is 276 Å². The standard InChI is InChI=1S/C58H36N4O.C57H34N4O2/c1-3-11-38(12-4-1)56-59-57(39-13-5-2-6-14-39)61-58(60-56)40-21-19-36(20-22-40)37-25-28-45(29-26-37)62-52-17-9-7-15-46(52)50-33-42(27-30-53(50)62)41-23-24-43-31-44-34-51-47-16-8-10-18-54(47)63-55(51)35-49(44)48(43)32-41;1-3-13-35(14-4-1)55-58-56(36-15-5-2-6-16-36)60-57(59-55)41-19-11-17-37(29-41)38-18-12-20-42(30-38)61-49-23-9-7-21-43(49)45-31-39(25-27-50(45)61)40-26-28-52-46(32-40)48-34-53-47(33-54(48)63-52)44-22-8-10-24-51(44)62-53/h1-30,32-35H,31H2;1-34H. The second-order valence-electron chi connectivity index (χ2n) is 32.4. The molecule has 18 aromatic carbocycles. The maximum Gasteiger partial charge on any atom is 0.164 e. The van der Waals surface area contributed by atoms with Crippen molar-refractivity contribution in [1.82, 2.24) is 39.0 Å². The van der Waals surface area contributed by atoms with Crippen LogP contribution in [0.25, 0.3) is 245 Å². The van der Waals surface area contributed by atoms with Crippen LogP contribution in [0.1, 0.15) is 11.1 Å². The molecule has 11 nitrogen and oxygen atoms in total. The fraction of sp³-hybridized carbons (Fsp3) is 0.00870. The smallest absolute Gasteiger partial charge is 0.164 e. The topological polar surface area (TPSA) is 127 Å². The highest BCUT2D eigenvalue weighted by atomic mass is 16.3. The summed E-state index contributed by atoms with van der Waals surface area (Å²) in [7, 11) is 0. The first-order chi connectivity index (χ1) is 62.4. The third-order valence-electron chi connectivity index (χ3n) is 24.9. The zero-order valence-electron chi connectivity index (χ0n) is 67.8. The van der Waals surface area contributed by atoms with Gasteiger partial charge in [0.05, 0.1) is 22.1 Å². The van der Waals surface area contributed by atoms with Gasteiger partial charge in [0.1, 0.15) is 33.5 Å². The highest BCUT2D eigenvalue weighted by molar-refractivity contribution is 6.17. The van der Waals surface area contributed by atoms with Crippen molar-refractivity contribution in [3.05, 3.63) is 424 Å². The lowest BCUT2D eigenvalue weighted by molar-refractivity contribution is 0.664. The van der Waals surface area contributed by atoms with Crippen molar-refractivity contribution in [2.75, 3.05) is 0 Å². The molecular weight excluding hydrogens is 1540 g/mol. The van der Waals surface area contributed by atoms with E-state index < -0.39 is 0 Å². The molecule has 0 saturated carbocycles. The number of furan rings is 3. The van der Waals surface area contributed by atoms with Gasteiger partial charge in [-0.2, -0.15) is 0 Å². The number of hydrogen-bond acceptors (Lipinski definition) is 9. The normalized spacial score (nSPS) is 11.9. The van der Waals surface area contributed by atoms with Gasteiger partial charge in [-0.1, -0.05) is 291 Å². The van der Waals surface area contributed by atoms with E-state index in [0.717, 1.165) is 151 Å². The van der Waals surface area contributed by atoms with Gasteiger partial charge in [0, 0.05) is 98.6 Å². The number of aromatic nitrogens is 8. The lowest BCUT2D eigenvalue weighted by Gasteiger charge is -2.12. The molecule has 0 aliphatic heterocycles. The van der Waals surface area contributed by atoms with Crippen LogP contribution < -0.4 is 0 Å². The molecule has 11 heteroatoms. The molecule has 0 amide bonds. The van der Waals surface area contributed by atoms with Gasteiger partial charge in [-0.15, -0.1) is 0 Å². The fourth-order valence-corrected chi connectivity index (χ4v) is 18.8. The second kappa shape index (κ2) is 29.4. The molecule has 25 aromatic rings. The van der Waals surface area contributed by atoms with Crippen molar-refractivity contribution in [2.45, 2.75) is 6.42 Å². The Kier molecular flexibility index (Phi) is 16.8. The van der Waals surface area contributed by atoms with E-state index >= 15 is 0 Å². The Bertz CT molecular complexity index is 8550. The van der Waals surface area contributed by atoms with Gasteiger partial charge < -0.3 is 22.4 Å². The van der Waals surface area contributed by atoms with Crippen LogP contribution in [0.4, 0.5) is 0 Å². The van der Waals surface area contributed by atoms with Crippen LogP contribution in [-0.4, -0.2) is 39.0 Å². The number of fused-ring (bicyclic) bond motifs is 18. The van der Waals surface area contributed by atoms with Crippen LogP contribution in [0, 0.1) is 0 Å². The molecule has 0 spiro atoms. The van der Waals surface area contributed by atoms with Crippen LogP contribution in [0.2, 0.25) is 0 Å². The Labute approximate surface area is 722 Å². The zero-order chi connectivity index (χ0) is 82.9. The third kappa shape index (κ3) is 12.4. The summed E-state index contributed by atoms with van der Waals surface area (Å²) in [6.45, 7) is 0. The molecule has 7 aromatic heterocycles. The minimum atomic E-state index is 0.627. The molecule has 126 heavy (non-hydrogen) atoms. The summed E-state index contributed by atoms with van der Waals surface area (Å²) >= 11 is 0. The summed E-state index contributed by atoms with van der Waals surface area (Å²) in [6, 6.07) is 145. The predicted molar refractivity (Wildman–Crippen MR) is 513 cm³/mol. The molecule has 0 fully saturated rings. The number of benzene rings is 18. The Morgan fingerprint density at radius 2 is 0.492 bits per heavy atom. The SMILES string of the molecule is c1ccc(-c2nc(-c3ccccc3)nc(-c3ccc(-c4ccc(-n5c6ccccc6c6cc(-c7ccc8c(c7)-c7cc9oc%10ccccc%10c9cc7C8)ccc65)cc4)cc3)n2)cc1.c1ccc(-c2nc(-c3ccccc3)nc(-c3cccc(-c4cccc(-n5c6ccccc6c6cc(-c7ccc8oc9cc%10c(cc9c8c7)oc7ccccc7%10)ccc65)c4)c3)n2)cc1. The summed E-state index contributed by atoms with van der Waals surface area (Å²) < 4.78 is 23.7. The van der Waals surface area contributed by atoms with Gasteiger partial charge in [0.2, 0.25) is 0 Å². The van der Waals surface area contributed by atoms with E-state index in [0.29, 0.717) is 34.9 Å². The molecule has 0 N–H and O–H groups in total. The second-order valence-corrected chi connectivity index (χ2v) is 32.4. The van der Waals surface area contributed by atoms with Gasteiger partial charge in [0.15, 0.2) is 34.9 Å². The molecule has 0 saturated heterocycles. The van der Waals surface area contributed by atoms with E-state index in [1.807, 2.05) is 146 Å². The maximum atomic E-state index is 6.41. The highest BCUT2D eigenvalue weighted by Gasteiger charge is 2.25. The largest absolute Gasteiger partial charge is 0.456 e. The average Bonchev–Trinajstić information content (AvgIpc) is 1.59. The first-order valence-corrected chi connectivity index (χ1v) is 42.5. The van der Waals surface area contributed by atoms with Crippen LogP contribution in [-0.2, 0) is 6.42 Å². The van der Waals surface area contributed by atoms with Crippen molar-refractivity contribution in [1.29, 1.82) is 0 Å². The van der Waals surface area contributed by atoms with Gasteiger partial charge in [-0.25, -0.2) is 29.9 Å². The maximum absolute atomic E-state index is 6.41. The lowest BCUT2D eigenvalue weighted by atomic mass is 9.97. The Morgan fingerprint density at radius 1 is 0.167 bits per heavy atom. The molecule has 0 radical (unpaired) electrons. The quantitative estimate of drug-likeness (QED) is 0.117. The van der Waals surface area contributed by atoms with E-state index in [9.17, 15) is 0 Å². The van der Waals surface area contributed by atoms with Crippen LogP contribution in [0.5, 0.6) is 0 Å². The Balaban J connectivity index is 0.000000137. The van der Waals surface area contributed by atoms with Gasteiger partial charge in [-0.05, 0) is 195 Å². The van der Waals surface area contributed by atoms with Crippen LogP contribution >= 0.6 is 0 Å². The number of nitrogens with zero attached hydrogens (tertiary/aromatic N) is 8.